The van der Waals surface area contributed by atoms with Crippen LogP contribution < -0.4 is 11.3 Å². The molecule has 3 heteroatoms. The summed E-state index contributed by atoms with van der Waals surface area (Å²) in [6.45, 7) is 5.63. The average Bonchev–Trinajstić information content (AvgIpc) is 2.31. The van der Waals surface area contributed by atoms with Gasteiger partial charge in [0.25, 0.3) is 0 Å². The first-order valence-corrected chi connectivity index (χ1v) is 5.85. The summed E-state index contributed by atoms with van der Waals surface area (Å²) in [5.74, 6) is 5.53. The Morgan fingerprint density at radius 3 is 2.56 bits per heavy atom. The lowest BCUT2D eigenvalue weighted by atomic mass is 10.0. The Kier molecular flexibility index (Phi) is 6.08. The summed E-state index contributed by atoms with van der Waals surface area (Å²) in [5, 5.41) is 0. The van der Waals surface area contributed by atoms with Crippen molar-refractivity contribution in [3.05, 3.63) is 35.4 Å². The third kappa shape index (κ3) is 4.75. The third-order valence-electron chi connectivity index (χ3n) is 2.65. The van der Waals surface area contributed by atoms with E-state index >= 15 is 0 Å². The molecule has 0 aliphatic rings. The van der Waals surface area contributed by atoms with E-state index in [0.29, 0.717) is 0 Å². The van der Waals surface area contributed by atoms with Crippen LogP contribution in [0.4, 0.5) is 0 Å². The van der Waals surface area contributed by atoms with E-state index in [1.807, 2.05) is 6.92 Å². The van der Waals surface area contributed by atoms with E-state index in [-0.39, 0.29) is 6.04 Å². The van der Waals surface area contributed by atoms with Gasteiger partial charge in [0.15, 0.2) is 0 Å². The Balaban J connectivity index is 2.40. The quantitative estimate of drug-likeness (QED) is 0.420. The molecule has 0 bridgehead atoms. The average molecular weight is 222 g/mol. The van der Waals surface area contributed by atoms with Crippen molar-refractivity contribution in [2.45, 2.75) is 32.7 Å². The maximum Gasteiger partial charge on any atom is 0.0481 e. The van der Waals surface area contributed by atoms with Crippen molar-refractivity contribution >= 4 is 0 Å². The molecule has 0 spiro atoms. The van der Waals surface area contributed by atoms with Crippen molar-refractivity contribution in [1.82, 2.24) is 5.43 Å². The van der Waals surface area contributed by atoms with Crippen LogP contribution in [0.1, 0.15) is 24.5 Å². The second-order valence-corrected chi connectivity index (χ2v) is 4.04. The summed E-state index contributed by atoms with van der Waals surface area (Å²) in [5.41, 5.74) is 5.44. The smallest absolute Gasteiger partial charge is 0.0481 e. The Morgan fingerprint density at radius 1 is 1.31 bits per heavy atom. The number of rotatable bonds is 7. The normalized spacial score (nSPS) is 12.7. The molecule has 0 saturated carbocycles. The first-order chi connectivity index (χ1) is 7.76. The number of ether oxygens (including phenoxy) is 1. The molecule has 3 N–H and O–H groups in total. The largest absolute Gasteiger partial charge is 0.382 e. The minimum Gasteiger partial charge on any atom is -0.382 e. The van der Waals surface area contributed by atoms with Crippen LogP contribution >= 0.6 is 0 Å². The number of nitrogens with one attached hydrogen (secondary N) is 1. The second-order valence-electron chi connectivity index (χ2n) is 4.04. The lowest BCUT2D eigenvalue weighted by Gasteiger charge is -2.15. The van der Waals surface area contributed by atoms with E-state index in [1.165, 1.54) is 11.1 Å². The highest BCUT2D eigenvalue weighted by atomic mass is 16.5. The number of aryl methyl sites for hydroxylation is 1. The number of benzene rings is 1. The van der Waals surface area contributed by atoms with E-state index in [1.54, 1.807) is 0 Å². The molecule has 0 aromatic heterocycles. The van der Waals surface area contributed by atoms with E-state index in [2.05, 4.69) is 36.6 Å². The predicted molar refractivity (Wildman–Crippen MR) is 67.1 cm³/mol. The molecule has 1 rings (SSSR count). The van der Waals surface area contributed by atoms with Crippen LogP contribution in [-0.4, -0.2) is 19.3 Å². The molecule has 16 heavy (non-hydrogen) atoms. The molecule has 1 unspecified atom stereocenters. The molecule has 0 aliphatic carbocycles. The lowest BCUT2D eigenvalue weighted by Crippen LogP contribution is -2.37. The third-order valence-corrected chi connectivity index (χ3v) is 2.65. The number of hydrazine groups is 1. The van der Waals surface area contributed by atoms with Crippen molar-refractivity contribution in [3.63, 3.8) is 0 Å². The van der Waals surface area contributed by atoms with Crippen LogP contribution in [0.25, 0.3) is 0 Å². The van der Waals surface area contributed by atoms with Crippen LogP contribution in [0.3, 0.4) is 0 Å². The van der Waals surface area contributed by atoms with Gasteiger partial charge in [0.2, 0.25) is 0 Å². The van der Waals surface area contributed by atoms with E-state index in [9.17, 15) is 0 Å². The first kappa shape index (κ1) is 13.2. The zero-order chi connectivity index (χ0) is 11.8. The van der Waals surface area contributed by atoms with Crippen molar-refractivity contribution in [3.8, 4) is 0 Å². The van der Waals surface area contributed by atoms with Crippen molar-refractivity contribution in [1.29, 1.82) is 0 Å². The van der Waals surface area contributed by atoms with E-state index in [0.717, 1.165) is 26.1 Å². The maximum atomic E-state index is 5.53. The molecule has 0 radical (unpaired) electrons. The summed E-state index contributed by atoms with van der Waals surface area (Å²) in [6, 6.07) is 8.85. The number of hydrogen-bond acceptors (Lipinski definition) is 3. The van der Waals surface area contributed by atoms with Crippen LogP contribution in [-0.2, 0) is 11.2 Å². The van der Waals surface area contributed by atoms with Gasteiger partial charge in [-0.1, -0.05) is 29.8 Å². The SMILES string of the molecule is CCOCCC(Cc1ccc(C)cc1)NN. The van der Waals surface area contributed by atoms with Gasteiger partial charge >= 0.3 is 0 Å². The van der Waals surface area contributed by atoms with Gasteiger partial charge in [-0.15, -0.1) is 0 Å². The van der Waals surface area contributed by atoms with Crippen LogP contribution in [0.2, 0.25) is 0 Å². The van der Waals surface area contributed by atoms with Crippen molar-refractivity contribution < 1.29 is 4.74 Å². The van der Waals surface area contributed by atoms with Gasteiger partial charge < -0.3 is 4.74 Å². The molecular formula is C13H22N2O. The Morgan fingerprint density at radius 2 is 2.00 bits per heavy atom. The molecule has 1 atom stereocenters. The molecule has 0 amide bonds. The highest BCUT2D eigenvalue weighted by Crippen LogP contribution is 2.07. The highest BCUT2D eigenvalue weighted by Gasteiger charge is 2.07. The maximum absolute atomic E-state index is 5.53. The second kappa shape index (κ2) is 7.39. The molecule has 90 valence electrons. The highest BCUT2D eigenvalue weighted by molar-refractivity contribution is 5.22. The van der Waals surface area contributed by atoms with Gasteiger partial charge in [0.05, 0.1) is 0 Å². The molecule has 3 nitrogen and oxygen atoms in total. The summed E-state index contributed by atoms with van der Waals surface area (Å²) < 4.78 is 5.33. The van der Waals surface area contributed by atoms with E-state index in [4.69, 9.17) is 10.6 Å². The fourth-order valence-electron chi connectivity index (χ4n) is 1.62. The van der Waals surface area contributed by atoms with Crippen LogP contribution in [0.15, 0.2) is 24.3 Å². The van der Waals surface area contributed by atoms with Gasteiger partial charge in [-0.05, 0) is 32.3 Å². The molecule has 1 aromatic rings. The molecule has 0 saturated heterocycles. The molecule has 0 fully saturated rings. The molecular weight excluding hydrogens is 200 g/mol. The Hall–Kier alpha value is -0.900. The summed E-state index contributed by atoms with van der Waals surface area (Å²) >= 11 is 0. The molecule has 0 heterocycles. The lowest BCUT2D eigenvalue weighted by molar-refractivity contribution is 0.136. The van der Waals surface area contributed by atoms with Gasteiger partial charge in [-0.2, -0.15) is 0 Å². The van der Waals surface area contributed by atoms with Crippen LogP contribution in [0, 0.1) is 6.92 Å². The molecule has 0 aliphatic heterocycles. The van der Waals surface area contributed by atoms with Crippen molar-refractivity contribution in [2.24, 2.45) is 5.84 Å². The monoisotopic (exact) mass is 222 g/mol. The van der Waals surface area contributed by atoms with E-state index < -0.39 is 0 Å². The standard InChI is InChI=1S/C13H22N2O/c1-3-16-9-8-13(15-14)10-12-6-4-11(2)5-7-12/h4-7,13,15H,3,8-10,14H2,1-2H3. The zero-order valence-electron chi connectivity index (χ0n) is 10.2. The molecule has 1 aromatic carbocycles. The van der Waals surface area contributed by atoms with Crippen molar-refractivity contribution in [2.75, 3.05) is 13.2 Å². The topological polar surface area (TPSA) is 47.3 Å². The number of nitrogens with two attached hydrogens (primary N) is 1. The minimum absolute atomic E-state index is 0.286. The summed E-state index contributed by atoms with van der Waals surface area (Å²) in [4.78, 5) is 0. The number of hydrogen-bond donors (Lipinski definition) is 2. The van der Waals surface area contributed by atoms with Gasteiger partial charge in [0.1, 0.15) is 0 Å². The summed E-state index contributed by atoms with van der Waals surface area (Å²) in [7, 11) is 0. The Bertz CT molecular complexity index is 284. The van der Waals surface area contributed by atoms with Gasteiger partial charge in [-0.3, -0.25) is 11.3 Å². The zero-order valence-corrected chi connectivity index (χ0v) is 10.2. The Labute approximate surface area is 98.0 Å². The fraction of sp³-hybridized carbons (Fsp3) is 0.538. The predicted octanol–water partition coefficient (Wildman–Crippen LogP) is 1.80. The van der Waals surface area contributed by atoms with Gasteiger partial charge in [0, 0.05) is 19.3 Å². The van der Waals surface area contributed by atoms with Crippen LogP contribution in [0.5, 0.6) is 0 Å². The van der Waals surface area contributed by atoms with Gasteiger partial charge in [-0.25, -0.2) is 0 Å². The first-order valence-electron chi connectivity index (χ1n) is 5.85. The summed E-state index contributed by atoms with van der Waals surface area (Å²) in [6.07, 6.45) is 1.89. The fourth-order valence-corrected chi connectivity index (χ4v) is 1.62. The minimum atomic E-state index is 0.286.